The molecule has 1 aromatic rings. The molecule has 5 nitrogen and oxygen atoms in total. The fraction of sp³-hybridized carbons (Fsp3) is 0.529. The van der Waals surface area contributed by atoms with Crippen LogP contribution < -0.4 is 5.32 Å². The first kappa shape index (κ1) is 16.3. The zero-order chi connectivity index (χ0) is 16.2. The number of carbonyl (C=O) groups excluding carboxylic acids is 2. The molecule has 1 amide bonds. The Labute approximate surface area is 131 Å². The third-order valence-corrected chi connectivity index (χ3v) is 4.41. The van der Waals surface area contributed by atoms with E-state index in [2.05, 4.69) is 5.32 Å². The van der Waals surface area contributed by atoms with Gasteiger partial charge in [0.2, 0.25) is 0 Å². The summed E-state index contributed by atoms with van der Waals surface area (Å²) in [4.78, 5) is 22.6. The van der Waals surface area contributed by atoms with Gasteiger partial charge in [0, 0.05) is 12.8 Å². The molecule has 0 saturated carbocycles. The lowest BCUT2D eigenvalue weighted by Gasteiger charge is -2.34. The van der Waals surface area contributed by atoms with E-state index in [9.17, 15) is 9.59 Å². The van der Waals surface area contributed by atoms with Gasteiger partial charge in [0.25, 0.3) is 0 Å². The van der Waals surface area contributed by atoms with E-state index < -0.39 is 5.60 Å². The van der Waals surface area contributed by atoms with Gasteiger partial charge in [-0.2, -0.15) is 0 Å². The second kappa shape index (κ2) is 6.81. The molecule has 1 heterocycles. The fourth-order valence-corrected chi connectivity index (χ4v) is 2.80. The molecular weight excluding hydrogens is 282 g/mol. The highest BCUT2D eigenvalue weighted by Crippen LogP contribution is 2.34. The van der Waals surface area contributed by atoms with Crippen molar-refractivity contribution in [3.05, 3.63) is 35.9 Å². The zero-order valence-corrected chi connectivity index (χ0v) is 13.3. The van der Waals surface area contributed by atoms with E-state index in [4.69, 9.17) is 9.47 Å². The second-order valence-electron chi connectivity index (χ2n) is 5.99. The van der Waals surface area contributed by atoms with Gasteiger partial charge >= 0.3 is 12.1 Å². The number of ether oxygens (including phenoxy) is 2. The number of benzene rings is 1. The van der Waals surface area contributed by atoms with Crippen LogP contribution in [-0.4, -0.2) is 30.3 Å². The summed E-state index contributed by atoms with van der Waals surface area (Å²) in [5.41, 5.74) is 0.532. The van der Waals surface area contributed by atoms with Crippen molar-refractivity contribution in [2.45, 2.75) is 45.3 Å². The largest absolute Gasteiger partial charge is 0.466 e. The van der Waals surface area contributed by atoms with Crippen molar-refractivity contribution < 1.29 is 19.1 Å². The Morgan fingerprint density at radius 2 is 2.09 bits per heavy atom. The minimum Gasteiger partial charge on any atom is -0.466 e. The molecular formula is C17H23NO4. The number of rotatable bonds is 6. The van der Waals surface area contributed by atoms with Gasteiger partial charge in [-0.15, -0.1) is 0 Å². The molecule has 5 heteroatoms. The van der Waals surface area contributed by atoms with Gasteiger partial charge in [-0.05, 0) is 25.3 Å². The number of cyclic esters (lactones) is 1. The van der Waals surface area contributed by atoms with Crippen molar-refractivity contribution in [1.82, 2.24) is 5.32 Å². The van der Waals surface area contributed by atoms with E-state index in [-0.39, 0.29) is 24.0 Å². The summed E-state index contributed by atoms with van der Waals surface area (Å²) < 4.78 is 10.6. The first-order valence-electron chi connectivity index (χ1n) is 7.58. The summed E-state index contributed by atoms with van der Waals surface area (Å²) in [6.45, 7) is 5.68. The Kier molecular flexibility index (Phi) is 5.06. The Morgan fingerprint density at radius 3 is 2.73 bits per heavy atom. The van der Waals surface area contributed by atoms with E-state index in [0.717, 1.165) is 5.56 Å². The standard InChI is InChI=1S/C17H23NO4/c1-12(9-10-21-13(2)19)17(3)15(18-16(20)22-17)11-14-7-5-4-6-8-14/h4-8,12,15H,9-11H2,1-3H3,(H,18,20)/t12-,15-,17-/m0/s1. The highest BCUT2D eigenvalue weighted by Gasteiger charge is 2.48. The van der Waals surface area contributed by atoms with Gasteiger partial charge in [-0.1, -0.05) is 37.3 Å². The Hall–Kier alpha value is -2.04. The number of nitrogens with one attached hydrogen (secondary N) is 1. The Bertz CT molecular complexity index is 531. The zero-order valence-electron chi connectivity index (χ0n) is 13.3. The van der Waals surface area contributed by atoms with Crippen LogP contribution >= 0.6 is 0 Å². The van der Waals surface area contributed by atoms with Crippen LogP contribution in [0.5, 0.6) is 0 Å². The molecule has 22 heavy (non-hydrogen) atoms. The maximum absolute atomic E-state index is 11.7. The predicted molar refractivity (Wildman–Crippen MR) is 82.4 cm³/mol. The van der Waals surface area contributed by atoms with E-state index >= 15 is 0 Å². The number of esters is 1. The molecule has 1 aliphatic heterocycles. The molecule has 0 radical (unpaired) electrons. The maximum atomic E-state index is 11.7. The van der Waals surface area contributed by atoms with Crippen molar-refractivity contribution in [1.29, 1.82) is 0 Å². The van der Waals surface area contributed by atoms with Gasteiger partial charge in [0.15, 0.2) is 0 Å². The smallest absolute Gasteiger partial charge is 0.408 e. The number of hydrogen-bond donors (Lipinski definition) is 1. The molecule has 1 aromatic carbocycles. The highest BCUT2D eigenvalue weighted by molar-refractivity contribution is 5.71. The van der Waals surface area contributed by atoms with Crippen molar-refractivity contribution in [3.8, 4) is 0 Å². The molecule has 2 rings (SSSR count). The second-order valence-corrected chi connectivity index (χ2v) is 5.99. The predicted octanol–water partition coefficient (Wildman–Crippen LogP) is 2.69. The molecule has 120 valence electrons. The molecule has 3 atom stereocenters. The Morgan fingerprint density at radius 1 is 1.41 bits per heavy atom. The summed E-state index contributed by atoms with van der Waals surface area (Å²) in [7, 11) is 0. The molecule has 1 N–H and O–H groups in total. The van der Waals surface area contributed by atoms with E-state index in [1.54, 1.807) is 0 Å². The number of hydrogen-bond acceptors (Lipinski definition) is 4. The van der Waals surface area contributed by atoms with Crippen molar-refractivity contribution in [2.75, 3.05) is 6.61 Å². The van der Waals surface area contributed by atoms with Crippen LogP contribution in [-0.2, 0) is 20.7 Å². The molecule has 1 fully saturated rings. The molecule has 0 aliphatic carbocycles. The molecule has 0 spiro atoms. The van der Waals surface area contributed by atoms with Crippen LogP contribution in [0.2, 0.25) is 0 Å². The average Bonchev–Trinajstić information content (AvgIpc) is 2.75. The van der Waals surface area contributed by atoms with Crippen LogP contribution in [0.25, 0.3) is 0 Å². The quantitative estimate of drug-likeness (QED) is 0.821. The normalized spacial score (nSPS) is 25.2. The SMILES string of the molecule is CC(=O)OCC[C@H](C)[C@]1(C)OC(=O)N[C@H]1Cc1ccccc1. The van der Waals surface area contributed by atoms with Crippen LogP contribution in [0.3, 0.4) is 0 Å². The highest BCUT2D eigenvalue weighted by atomic mass is 16.6. The molecule has 0 aromatic heterocycles. The van der Waals surface area contributed by atoms with Crippen LogP contribution in [0.4, 0.5) is 4.79 Å². The number of amides is 1. The van der Waals surface area contributed by atoms with Crippen LogP contribution in [0, 0.1) is 5.92 Å². The monoisotopic (exact) mass is 305 g/mol. The van der Waals surface area contributed by atoms with Gasteiger partial charge in [0.1, 0.15) is 5.60 Å². The third-order valence-electron chi connectivity index (χ3n) is 4.41. The third kappa shape index (κ3) is 3.78. The van der Waals surface area contributed by atoms with E-state index in [1.807, 2.05) is 44.2 Å². The summed E-state index contributed by atoms with van der Waals surface area (Å²) in [6.07, 6.45) is 0.972. The van der Waals surface area contributed by atoms with Crippen molar-refractivity contribution >= 4 is 12.1 Å². The summed E-state index contributed by atoms with van der Waals surface area (Å²) in [5, 5.41) is 2.90. The Balaban J connectivity index is 2.04. The van der Waals surface area contributed by atoms with E-state index in [1.165, 1.54) is 6.92 Å². The number of alkyl carbamates (subject to hydrolysis) is 1. The maximum Gasteiger partial charge on any atom is 0.408 e. The van der Waals surface area contributed by atoms with Gasteiger partial charge in [-0.25, -0.2) is 4.79 Å². The van der Waals surface area contributed by atoms with E-state index in [0.29, 0.717) is 19.4 Å². The van der Waals surface area contributed by atoms with Crippen LogP contribution in [0.1, 0.15) is 32.8 Å². The lowest BCUT2D eigenvalue weighted by atomic mass is 9.80. The van der Waals surface area contributed by atoms with Crippen molar-refractivity contribution in [2.24, 2.45) is 5.92 Å². The fourth-order valence-electron chi connectivity index (χ4n) is 2.80. The number of carbonyl (C=O) groups is 2. The van der Waals surface area contributed by atoms with Gasteiger partial charge in [-0.3, -0.25) is 4.79 Å². The molecule has 0 bridgehead atoms. The first-order valence-corrected chi connectivity index (χ1v) is 7.58. The van der Waals surface area contributed by atoms with Crippen molar-refractivity contribution in [3.63, 3.8) is 0 Å². The van der Waals surface area contributed by atoms with Crippen LogP contribution in [0.15, 0.2) is 30.3 Å². The summed E-state index contributed by atoms with van der Waals surface area (Å²) in [6, 6.07) is 9.90. The minimum atomic E-state index is -0.618. The lowest BCUT2D eigenvalue weighted by Crippen LogP contribution is -2.47. The molecule has 0 unspecified atom stereocenters. The molecule has 1 saturated heterocycles. The molecule has 1 aliphatic rings. The van der Waals surface area contributed by atoms with Gasteiger partial charge in [0.05, 0.1) is 12.6 Å². The lowest BCUT2D eigenvalue weighted by molar-refractivity contribution is -0.141. The average molecular weight is 305 g/mol. The summed E-state index contributed by atoms with van der Waals surface area (Å²) in [5.74, 6) is -0.223. The minimum absolute atomic E-state index is 0.0690. The summed E-state index contributed by atoms with van der Waals surface area (Å²) >= 11 is 0. The topological polar surface area (TPSA) is 64.6 Å². The van der Waals surface area contributed by atoms with Gasteiger partial charge < -0.3 is 14.8 Å². The first-order chi connectivity index (χ1) is 10.4.